The lowest BCUT2D eigenvalue weighted by atomic mass is 9.81. The molecule has 0 saturated heterocycles. The second kappa shape index (κ2) is 18.6. The Kier molecular flexibility index (Phi) is 11.0. The van der Waals surface area contributed by atoms with Gasteiger partial charge < -0.3 is 0 Å². The quantitative estimate of drug-likeness (QED) is 0.127. The molecular formula is C75H52. The third-order valence-electron chi connectivity index (χ3n) is 15.7. The molecule has 14 aromatic rings. The van der Waals surface area contributed by atoms with Crippen molar-refractivity contribution < 1.29 is 0 Å². The van der Waals surface area contributed by atoms with Gasteiger partial charge in [-0.1, -0.05) is 274 Å². The monoisotopic (exact) mass is 952 g/mol. The van der Waals surface area contributed by atoms with E-state index in [0.29, 0.717) is 0 Å². The largest absolute Gasteiger partial charge is 0.0651 e. The van der Waals surface area contributed by atoms with Crippen LogP contribution in [0.1, 0.15) is 18.9 Å². The molecule has 0 atom stereocenters. The van der Waals surface area contributed by atoms with E-state index in [2.05, 4.69) is 280 Å². The van der Waals surface area contributed by atoms with Gasteiger partial charge in [0.25, 0.3) is 0 Å². The lowest BCUT2D eigenvalue weighted by Gasteiger charge is -2.22. The van der Waals surface area contributed by atoms with Crippen LogP contribution in [0.5, 0.6) is 0 Å². The molecule has 0 aromatic heterocycles. The first-order chi connectivity index (χ1) is 37.2. The molecule has 0 heterocycles. The highest BCUT2D eigenvalue weighted by molar-refractivity contribution is 6.25. The Balaban J connectivity index is 0.972. The molecule has 0 saturated carbocycles. The molecule has 352 valence electrons. The normalized spacial score (nSPS) is 11.6. The van der Waals surface area contributed by atoms with Gasteiger partial charge >= 0.3 is 0 Å². The minimum atomic E-state index is 0.955. The summed E-state index contributed by atoms with van der Waals surface area (Å²) in [7, 11) is 0. The molecule has 0 unspecified atom stereocenters. The average Bonchev–Trinajstić information content (AvgIpc) is 3.48. The van der Waals surface area contributed by atoms with Crippen molar-refractivity contribution >= 4 is 64.6 Å². The van der Waals surface area contributed by atoms with Crippen molar-refractivity contribution in [2.75, 3.05) is 0 Å². The number of hydrogen-bond donors (Lipinski definition) is 0. The second-order valence-corrected chi connectivity index (χ2v) is 20.0. The molecule has 14 aromatic carbocycles. The molecule has 0 aliphatic rings. The van der Waals surface area contributed by atoms with Crippen molar-refractivity contribution in [2.24, 2.45) is 0 Å². The molecule has 75 heavy (non-hydrogen) atoms. The van der Waals surface area contributed by atoms with Crippen LogP contribution in [-0.4, -0.2) is 0 Å². The van der Waals surface area contributed by atoms with Gasteiger partial charge in [0.05, 0.1) is 0 Å². The zero-order valence-corrected chi connectivity index (χ0v) is 41.9. The smallest absolute Gasteiger partial charge is 0.00236 e. The maximum absolute atomic E-state index is 2.52. The summed E-state index contributed by atoms with van der Waals surface area (Å²) in [6, 6.07) is 102. The molecule has 0 aliphatic heterocycles. The van der Waals surface area contributed by atoms with E-state index in [1.54, 1.807) is 0 Å². The summed E-state index contributed by atoms with van der Waals surface area (Å²) in [5.74, 6) is 0. The highest BCUT2D eigenvalue weighted by Crippen LogP contribution is 2.50. The van der Waals surface area contributed by atoms with Crippen molar-refractivity contribution in [3.8, 4) is 77.9 Å². The van der Waals surface area contributed by atoms with E-state index in [0.717, 1.165) is 12.8 Å². The van der Waals surface area contributed by atoms with Gasteiger partial charge in [0.1, 0.15) is 0 Å². The maximum Gasteiger partial charge on any atom is -0.00236 e. The van der Waals surface area contributed by atoms with Crippen molar-refractivity contribution in [1.82, 2.24) is 0 Å². The van der Waals surface area contributed by atoms with Gasteiger partial charge in [0.15, 0.2) is 0 Å². The lowest BCUT2D eigenvalue weighted by Crippen LogP contribution is -1.97. The number of aryl methyl sites for hydroxylation is 1. The van der Waals surface area contributed by atoms with Crippen LogP contribution in [0, 0.1) is 0 Å². The molecule has 0 aliphatic carbocycles. The highest BCUT2D eigenvalue weighted by atomic mass is 14.3. The van der Waals surface area contributed by atoms with Crippen LogP contribution in [-0.2, 0) is 6.42 Å². The van der Waals surface area contributed by atoms with Crippen LogP contribution in [0.25, 0.3) is 143 Å². The predicted molar refractivity (Wildman–Crippen MR) is 324 cm³/mol. The first-order valence-corrected chi connectivity index (χ1v) is 26.5. The fraction of sp³-hybridized carbons (Fsp3) is 0.0400. The minimum absolute atomic E-state index is 0.955. The predicted octanol–water partition coefficient (Wildman–Crippen LogP) is 21.2. The van der Waals surface area contributed by atoms with E-state index < -0.39 is 0 Å². The van der Waals surface area contributed by atoms with E-state index in [1.165, 1.54) is 148 Å². The zero-order chi connectivity index (χ0) is 49.8. The summed E-state index contributed by atoms with van der Waals surface area (Å²) in [4.78, 5) is 0. The van der Waals surface area contributed by atoms with Crippen molar-refractivity contribution in [1.29, 1.82) is 0 Å². The lowest BCUT2D eigenvalue weighted by molar-refractivity contribution is 0.924. The SMILES string of the molecule is CCCc1cc(-c2c3ccccc3c(-c3ccccc3)c3cc(-c4ccccc4)ccc23)ccc1-c1c2ccccc2c(-c2cccc(-c3c4ccccc4c(-c4ccccc4)c4ccccc34)c2)c2ccccc12. The van der Waals surface area contributed by atoms with Crippen LogP contribution in [0.15, 0.2) is 273 Å². The first-order valence-electron chi connectivity index (χ1n) is 26.5. The standard InChI is InChI=1S/C75H52/c1-2-23-53-46-56(74-63-37-17-14-34-60(63)71(51-28-10-5-11-29-51)69-48-52(42-45-68(69)74)49-24-6-3-7-25-49)43-44-57(53)75-66-40-20-18-38-64(66)73(65-39-19-21-41-67(65)75)55-31-22-30-54(47-55)72-61-35-15-12-32-58(61)70(50-26-8-4-9-27-50)59-33-13-16-36-62(59)72/h3-22,24-48H,2,23H2,1H3. The third-order valence-corrected chi connectivity index (χ3v) is 15.7. The highest BCUT2D eigenvalue weighted by Gasteiger charge is 2.23. The molecule has 0 fully saturated rings. The van der Waals surface area contributed by atoms with Crippen molar-refractivity contribution in [3.63, 3.8) is 0 Å². The summed E-state index contributed by atoms with van der Waals surface area (Å²) >= 11 is 0. The van der Waals surface area contributed by atoms with E-state index in [4.69, 9.17) is 0 Å². The topological polar surface area (TPSA) is 0 Å². The Morgan fingerprint density at radius 3 is 0.920 bits per heavy atom. The summed E-state index contributed by atoms with van der Waals surface area (Å²) in [5, 5.41) is 15.1. The Bertz CT molecular complexity index is 4390. The van der Waals surface area contributed by atoms with Gasteiger partial charge in [-0.15, -0.1) is 0 Å². The maximum atomic E-state index is 2.52. The number of benzene rings is 14. The van der Waals surface area contributed by atoms with E-state index in [9.17, 15) is 0 Å². The fourth-order valence-corrected chi connectivity index (χ4v) is 12.6. The Morgan fingerprint density at radius 1 is 0.200 bits per heavy atom. The van der Waals surface area contributed by atoms with Gasteiger partial charge in [0.2, 0.25) is 0 Å². The molecule has 0 radical (unpaired) electrons. The number of fused-ring (bicyclic) bond motifs is 6. The van der Waals surface area contributed by atoms with Gasteiger partial charge in [-0.3, -0.25) is 0 Å². The molecule has 0 heteroatoms. The first kappa shape index (κ1) is 44.3. The van der Waals surface area contributed by atoms with Crippen molar-refractivity contribution in [3.05, 3.63) is 279 Å². The number of rotatable bonds is 9. The van der Waals surface area contributed by atoms with Crippen LogP contribution in [0.2, 0.25) is 0 Å². The molecular weight excluding hydrogens is 901 g/mol. The molecule has 0 N–H and O–H groups in total. The third kappa shape index (κ3) is 7.44. The minimum Gasteiger partial charge on any atom is -0.0651 e. The van der Waals surface area contributed by atoms with Gasteiger partial charge in [-0.2, -0.15) is 0 Å². The fourth-order valence-electron chi connectivity index (χ4n) is 12.6. The summed E-state index contributed by atoms with van der Waals surface area (Å²) in [5.41, 5.74) is 18.9. The van der Waals surface area contributed by atoms with Crippen molar-refractivity contribution in [2.45, 2.75) is 19.8 Å². The summed E-state index contributed by atoms with van der Waals surface area (Å²) < 4.78 is 0. The second-order valence-electron chi connectivity index (χ2n) is 20.0. The zero-order valence-electron chi connectivity index (χ0n) is 41.9. The van der Waals surface area contributed by atoms with Crippen LogP contribution in [0.3, 0.4) is 0 Å². The van der Waals surface area contributed by atoms with E-state index in [1.807, 2.05) is 0 Å². The van der Waals surface area contributed by atoms with Crippen LogP contribution < -0.4 is 0 Å². The summed E-state index contributed by atoms with van der Waals surface area (Å²) in [6.07, 6.45) is 1.98. The van der Waals surface area contributed by atoms with Crippen LogP contribution in [0.4, 0.5) is 0 Å². The summed E-state index contributed by atoms with van der Waals surface area (Å²) in [6.45, 7) is 2.31. The molecule has 0 nitrogen and oxygen atoms in total. The van der Waals surface area contributed by atoms with Crippen LogP contribution >= 0.6 is 0 Å². The molecule has 0 spiro atoms. The van der Waals surface area contributed by atoms with Gasteiger partial charge in [0, 0.05) is 0 Å². The van der Waals surface area contributed by atoms with Gasteiger partial charge in [-0.25, -0.2) is 0 Å². The molecule has 0 bridgehead atoms. The van der Waals surface area contributed by atoms with E-state index in [-0.39, 0.29) is 0 Å². The molecule has 0 amide bonds. The van der Waals surface area contributed by atoms with Gasteiger partial charge in [-0.05, 0) is 167 Å². The van der Waals surface area contributed by atoms with E-state index >= 15 is 0 Å². The Morgan fingerprint density at radius 2 is 0.507 bits per heavy atom. The number of hydrogen-bond acceptors (Lipinski definition) is 0. The Hall–Kier alpha value is -9.36. The Labute approximate surface area is 438 Å². The molecule has 14 rings (SSSR count). The average molecular weight is 953 g/mol.